The fraction of sp³-hybridized carbons (Fsp3) is 0.619. The highest BCUT2D eigenvalue weighted by Gasteiger charge is 2.40. The van der Waals surface area contributed by atoms with Crippen LogP contribution in [-0.4, -0.2) is 48.4 Å². The van der Waals surface area contributed by atoms with E-state index in [1.165, 1.54) is 12.0 Å². The maximum absolute atomic E-state index is 13.1. The molecule has 5 heteroatoms. The highest BCUT2D eigenvalue weighted by atomic mass is 16.2. The number of rotatable bonds is 2. The summed E-state index contributed by atoms with van der Waals surface area (Å²) in [5.41, 5.74) is 4.42. The third-order valence-electron chi connectivity index (χ3n) is 6.21. The Morgan fingerprint density at radius 1 is 1.04 bits per heavy atom. The molecule has 1 N–H and O–H groups in total. The van der Waals surface area contributed by atoms with Crippen molar-refractivity contribution in [2.45, 2.75) is 58.5 Å². The third kappa shape index (κ3) is 3.13. The summed E-state index contributed by atoms with van der Waals surface area (Å²) < 4.78 is 0. The lowest BCUT2D eigenvalue weighted by molar-refractivity contribution is -0.136. The minimum atomic E-state index is -0.209. The number of benzene rings is 1. The number of hydrogen-bond acceptors (Lipinski definition) is 3. The van der Waals surface area contributed by atoms with Crippen molar-refractivity contribution in [1.29, 1.82) is 0 Å². The van der Waals surface area contributed by atoms with Gasteiger partial charge in [-0.15, -0.1) is 0 Å². The molecule has 140 valence electrons. The van der Waals surface area contributed by atoms with E-state index >= 15 is 0 Å². The molecule has 0 radical (unpaired) electrons. The Bertz CT molecular complexity index is 722. The molecule has 3 fully saturated rings. The van der Waals surface area contributed by atoms with Crippen LogP contribution in [0, 0.1) is 26.7 Å². The lowest BCUT2D eigenvalue weighted by Gasteiger charge is -2.27. The van der Waals surface area contributed by atoms with Gasteiger partial charge in [0.15, 0.2) is 0 Å². The summed E-state index contributed by atoms with van der Waals surface area (Å²) in [6, 6.07) is 5.22. The first-order valence-corrected chi connectivity index (χ1v) is 9.85. The zero-order chi connectivity index (χ0) is 18.4. The van der Waals surface area contributed by atoms with Gasteiger partial charge in [0.25, 0.3) is 0 Å². The standard InChI is InChI=1S/C21H29N3O2/c1-13-8-14(2)20(15(3)9-13)24-11-16(10-19(24)25)21(26)23-7-6-17-4-5-18(12-23)22-17/h8-9,16-18,22H,4-7,10-12H2,1-3H3. The Kier molecular flexibility index (Phi) is 4.51. The van der Waals surface area contributed by atoms with Crippen molar-refractivity contribution in [2.75, 3.05) is 24.5 Å². The average Bonchev–Trinajstić information content (AvgIpc) is 3.09. The van der Waals surface area contributed by atoms with Crippen molar-refractivity contribution in [3.63, 3.8) is 0 Å². The molecule has 0 saturated carbocycles. The Balaban J connectivity index is 1.50. The molecule has 1 aromatic rings. The molecule has 3 saturated heterocycles. The summed E-state index contributed by atoms with van der Waals surface area (Å²) >= 11 is 0. The van der Waals surface area contributed by atoms with Gasteiger partial charge in [-0.05, 0) is 51.2 Å². The van der Waals surface area contributed by atoms with Gasteiger partial charge in [-0.3, -0.25) is 9.59 Å². The molecule has 1 aromatic carbocycles. The second-order valence-corrected chi connectivity index (χ2v) is 8.36. The Morgan fingerprint density at radius 2 is 1.73 bits per heavy atom. The SMILES string of the molecule is Cc1cc(C)c(N2CC(C(=O)N3CCC4CCC(C3)N4)CC2=O)c(C)c1. The quantitative estimate of drug-likeness (QED) is 0.886. The molecule has 3 aliphatic rings. The van der Waals surface area contributed by atoms with E-state index in [2.05, 4.69) is 38.2 Å². The number of nitrogens with zero attached hydrogens (tertiary/aromatic N) is 2. The molecule has 5 nitrogen and oxygen atoms in total. The number of hydrogen-bond donors (Lipinski definition) is 1. The minimum absolute atomic E-state index is 0.0767. The monoisotopic (exact) mass is 355 g/mol. The fourth-order valence-electron chi connectivity index (χ4n) is 5.09. The van der Waals surface area contributed by atoms with Crippen LogP contribution in [0.2, 0.25) is 0 Å². The average molecular weight is 355 g/mol. The zero-order valence-electron chi connectivity index (χ0n) is 16.0. The summed E-state index contributed by atoms with van der Waals surface area (Å²) in [6.07, 6.45) is 3.76. The molecule has 26 heavy (non-hydrogen) atoms. The van der Waals surface area contributed by atoms with E-state index in [-0.39, 0.29) is 17.7 Å². The van der Waals surface area contributed by atoms with Gasteiger partial charge in [0.1, 0.15) is 0 Å². The second kappa shape index (κ2) is 6.69. The molecule has 3 heterocycles. The van der Waals surface area contributed by atoms with E-state index in [0.29, 0.717) is 25.0 Å². The van der Waals surface area contributed by atoms with Gasteiger partial charge in [0, 0.05) is 43.8 Å². The molecule has 2 bridgehead atoms. The summed E-state index contributed by atoms with van der Waals surface area (Å²) in [5.74, 6) is 0.0321. The molecular weight excluding hydrogens is 326 g/mol. The lowest BCUT2D eigenvalue weighted by Crippen LogP contribution is -2.42. The third-order valence-corrected chi connectivity index (χ3v) is 6.21. The maximum atomic E-state index is 13.1. The maximum Gasteiger partial charge on any atom is 0.228 e. The fourth-order valence-corrected chi connectivity index (χ4v) is 5.09. The van der Waals surface area contributed by atoms with Gasteiger partial charge in [-0.1, -0.05) is 17.7 Å². The van der Waals surface area contributed by atoms with E-state index in [9.17, 15) is 9.59 Å². The first-order chi connectivity index (χ1) is 12.4. The van der Waals surface area contributed by atoms with Gasteiger partial charge in [-0.2, -0.15) is 0 Å². The number of nitrogens with one attached hydrogen (secondary N) is 1. The van der Waals surface area contributed by atoms with E-state index in [1.54, 1.807) is 0 Å². The predicted molar refractivity (Wildman–Crippen MR) is 102 cm³/mol. The highest BCUT2D eigenvalue weighted by molar-refractivity contribution is 6.01. The van der Waals surface area contributed by atoms with Crippen molar-refractivity contribution in [2.24, 2.45) is 5.92 Å². The van der Waals surface area contributed by atoms with Crippen molar-refractivity contribution in [1.82, 2.24) is 10.2 Å². The molecule has 3 aliphatic heterocycles. The first kappa shape index (κ1) is 17.5. The molecule has 0 spiro atoms. The van der Waals surface area contributed by atoms with Crippen LogP contribution in [0.1, 0.15) is 42.4 Å². The van der Waals surface area contributed by atoms with E-state index in [4.69, 9.17) is 0 Å². The van der Waals surface area contributed by atoms with Gasteiger partial charge in [-0.25, -0.2) is 0 Å². The smallest absolute Gasteiger partial charge is 0.228 e. The normalized spacial score (nSPS) is 28.6. The van der Waals surface area contributed by atoms with Gasteiger partial charge in [0.2, 0.25) is 11.8 Å². The second-order valence-electron chi connectivity index (χ2n) is 8.36. The van der Waals surface area contributed by atoms with Gasteiger partial charge < -0.3 is 15.1 Å². The summed E-state index contributed by atoms with van der Waals surface area (Å²) in [7, 11) is 0. The zero-order valence-corrected chi connectivity index (χ0v) is 16.0. The Morgan fingerprint density at radius 3 is 2.46 bits per heavy atom. The topological polar surface area (TPSA) is 52.7 Å². The van der Waals surface area contributed by atoms with E-state index < -0.39 is 0 Å². The number of anilines is 1. The molecular formula is C21H29N3O2. The van der Waals surface area contributed by atoms with Crippen LogP contribution in [0.25, 0.3) is 0 Å². The Hall–Kier alpha value is -1.88. The summed E-state index contributed by atoms with van der Waals surface area (Å²) in [4.78, 5) is 29.6. The Labute approximate surface area is 155 Å². The van der Waals surface area contributed by atoms with Crippen LogP contribution in [0.3, 0.4) is 0 Å². The molecule has 3 unspecified atom stereocenters. The largest absolute Gasteiger partial charge is 0.341 e. The summed E-state index contributed by atoms with van der Waals surface area (Å²) in [6.45, 7) is 8.30. The van der Waals surface area contributed by atoms with Crippen LogP contribution in [0.15, 0.2) is 12.1 Å². The van der Waals surface area contributed by atoms with Crippen molar-refractivity contribution >= 4 is 17.5 Å². The summed E-state index contributed by atoms with van der Waals surface area (Å²) in [5, 5.41) is 3.62. The minimum Gasteiger partial charge on any atom is -0.341 e. The van der Waals surface area contributed by atoms with Crippen LogP contribution in [0.4, 0.5) is 5.69 Å². The first-order valence-electron chi connectivity index (χ1n) is 9.85. The van der Waals surface area contributed by atoms with Crippen LogP contribution < -0.4 is 10.2 Å². The van der Waals surface area contributed by atoms with E-state index in [1.807, 2.05) is 9.80 Å². The van der Waals surface area contributed by atoms with Crippen molar-refractivity contribution in [3.05, 3.63) is 28.8 Å². The van der Waals surface area contributed by atoms with Crippen LogP contribution in [0.5, 0.6) is 0 Å². The number of fused-ring (bicyclic) bond motifs is 2. The molecule has 3 atom stereocenters. The molecule has 2 amide bonds. The molecule has 0 aliphatic carbocycles. The van der Waals surface area contributed by atoms with E-state index in [0.717, 1.165) is 42.7 Å². The van der Waals surface area contributed by atoms with Gasteiger partial charge >= 0.3 is 0 Å². The molecule has 0 aromatic heterocycles. The number of carbonyl (C=O) groups excluding carboxylic acids is 2. The van der Waals surface area contributed by atoms with Crippen LogP contribution >= 0.6 is 0 Å². The molecule has 4 rings (SSSR count). The van der Waals surface area contributed by atoms with Crippen LogP contribution in [-0.2, 0) is 9.59 Å². The highest BCUT2D eigenvalue weighted by Crippen LogP contribution is 2.33. The number of aryl methyl sites for hydroxylation is 3. The van der Waals surface area contributed by atoms with Crippen molar-refractivity contribution < 1.29 is 9.59 Å². The number of likely N-dealkylation sites (tertiary alicyclic amines) is 1. The van der Waals surface area contributed by atoms with Gasteiger partial charge in [0.05, 0.1) is 5.92 Å². The predicted octanol–water partition coefficient (Wildman–Crippen LogP) is 2.32. The van der Waals surface area contributed by atoms with Crippen molar-refractivity contribution in [3.8, 4) is 0 Å². The lowest BCUT2D eigenvalue weighted by atomic mass is 10.0. The number of carbonyl (C=O) groups is 2. The number of amides is 2.